The van der Waals surface area contributed by atoms with E-state index < -0.39 is 12.1 Å². The average molecular weight is 288 g/mol. The summed E-state index contributed by atoms with van der Waals surface area (Å²) in [6.07, 6.45) is 0.667. The highest BCUT2D eigenvalue weighted by molar-refractivity contribution is 7.10. The summed E-state index contributed by atoms with van der Waals surface area (Å²) < 4.78 is 5.24. The molecule has 2 aromatic rings. The minimum absolute atomic E-state index is 0.203. The average Bonchev–Trinajstić information content (AvgIpc) is 3.01. The van der Waals surface area contributed by atoms with Crippen LogP contribution >= 0.6 is 11.3 Å². The summed E-state index contributed by atoms with van der Waals surface area (Å²) in [7, 11) is 0. The molecule has 1 aromatic heterocycles. The quantitative estimate of drug-likeness (QED) is 0.677. The van der Waals surface area contributed by atoms with Gasteiger partial charge in [0, 0.05) is 4.88 Å². The lowest BCUT2D eigenvalue weighted by Gasteiger charge is -2.13. The van der Waals surface area contributed by atoms with Gasteiger partial charge in [-0.15, -0.1) is 11.3 Å². The van der Waals surface area contributed by atoms with Gasteiger partial charge < -0.3 is 9.84 Å². The SMILES string of the molecule is C/C=C(/C(=O)OCc1ccccc1)[C@H](O)c1cccs1. The molecule has 0 radical (unpaired) electrons. The topological polar surface area (TPSA) is 46.5 Å². The molecule has 0 aliphatic rings. The maximum Gasteiger partial charge on any atom is 0.337 e. The molecule has 1 aromatic carbocycles. The fourth-order valence-corrected chi connectivity index (χ4v) is 2.52. The summed E-state index contributed by atoms with van der Waals surface area (Å²) in [6, 6.07) is 13.1. The van der Waals surface area contributed by atoms with Crippen LogP contribution in [0.4, 0.5) is 0 Å². The second-order valence-electron chi connectivity index (χ2n) is 4.22. The van der Waals surface area contributed by atoms with Crippen LogP contribution in [-0.4, -0.2) is 11.1 Å². The molecule has 0 spiro atoms. The van der Waals surface area contributed by atoms with Crippen LogP contribution in [0.25, 0.3) is 0 Å². The molecule has 0 amide bonds. The van der Waals surface area contributed by atoms with Gasteiger partial charge in [0.1, 0.15) is 12.7 Å². The zero-order valence-electron chi connectivity index (χ0n) is 11.2. The molecular formula is C16H16O3S. The molecule has 1 N–H and O–H groups in total. The Bertz CT molecular complexity index is 573. The molecule has 4 heteroatoms. The largest absolute Gasteiger partial charge is 0.457 e. The van der Waals surface area contributed by atoms with Crippen molar-refractivity contribution in [3.8, 4) is 0 Å². The number of ether oxygens (including phenoxy) is 1. The van der Waals surface area contributed by atoms with Gasteiger partial charge in [0.2, 0.25) is 0 Å². The van der Waals surface area contributed by atoms with Crippen molar-refractivity contribution in [1.29, 1.82) is 0 Å². The Balaban J connectivity index is 2.00. The summed E-state index contributed by atoms with van der Waals surface area (Å²) in [5.74, 6) is -0.489. The molecular weight excluding hydrogens is 272 g/mol. The molecule has 20 heavy (non-hydrogen) atoms. The molecule has 2 rings (SSSR count). The van der Waals surface area contributed by atoms with E-state index in [0.717, 1.165) is 10.4 Å². The van der Waals surface area contributed by atoms with Crippen LogP contribution < -0.4 is 0 Å². The van der Waals surface area contributed by atoms with Crippen LogP contribution in [0, 0.1) is 0 Å². The van der Waals surface area contributed by atoms with Crippen molar-refractivity contribution in [1.82, 2.24) is 0 Å². The van der Waals surface area contributed by atoms with Gasteiger partial charge in [-0.2, -0.15) is 0 Å². The normalized spacial score (nSPS) is 13.0. The molecule has 0 bridgehead atoms. The number of carbonyl (C=O) groups excluding carboxylic acids is 1. The standard InChI is InChI=1S/C16H16O3S/c1-2-13(15(17)14-9-6-10-20-14)16(18)19-11-12-7-4-3-5-8-12/h2-10,15,17H,11H2,1H3/b13-2+/t15-/m0/s1. The number of carbonyl (C=O) groups is 1. The third-order valence-electron chi connectivity index (χ3n) is 2.87. The molecule has 0 aliphatic heterocycles. The van der Waals surface area contributed by atoms with E-state index >= 15 is 0 Å². The van der Waals surface area contributed by atoms with Crippen molar-refractivity contribution < 1.29 is 14.6 Å². The smallest absolute Gasteiger partial charge is 0.337 e. The van der Waals surface area contributed by atoms with Crippen molar-refractivity contribution in [3.63, 3.8) is 0 Å². The maximum atomic E-state index is 12.0. The zero-order chi connectivity index (χ0) is 14.4. The van der Waals surface area contributed by atoms with E-state index in [4.69, 9.17) is 4.74 Å². The number of hydrogen-bond acceptors (Lipinski definition) is 4. The van der Waals surface area contributed by atoms with E-state index in [1.54, 1.807) is 19.1 Å². The predicted octanol–water partition coefficient (Wildman–Crippen LogP) is 3.47. The van der Waals surface area contributed by atoms with Crippen LogP contribution in [0.15, 0.2) is 59.5 Å². The molecule has 1 atom stereocenters. The number of hydrogen-bond donors (Lipinski definition) is 1. The Morgan fingerprint density at radius 1 is 1.30 bits per heavy atom. The summed E-state index contributed by atoms with van der Waals surface area (Å²) in [5.41, 5.74) is 1.19. The lowest BCUT2D eigenvalue weighted by molar-refractivity contribution is -0.141. The fraction of sp³-hybridized carbons (Fsp3) is 0.188. The maximum absolute atomic E-state index is 12.0. The number of rotatable bonds is 5. The monoisotopic (exact) mass is 288 g/mol. The Labute approximate surface area is 122 Å². The van der Waals surface area contributed by atoms with Crippen molar-refractivity contribution in [2.24, 2.45) is 0 Å². The van der Waals surface area contributed by atoms with Gasteiger partial charge in [0.15, 0.2) is 0 Å². The van der Waals surface area contributed by atoms with E-state index in [1.165, 1.54) is 11.3 Å². The van der Waals surface area contributed by atoms with Gasteiger partial charge in [-0.25, -0.2) is 4.79 Å². The highest BCUT2D eigenvalue weighted by Gasteiger charge is 2.21. The minimum atomic E-state index is -0.928. The van der Waals surface area contributed by atoms with E-state index in [0.29, 0.717) is 0 Å². The Morgan fingerprint density at radius 3 is 2.65 bits per heavy atom. The van der Waals surface area contributed by atoms with E-state index in [-0.39, 0.29) is 12.2 Å². The summed E-state index contributed by atoms with van der Waals surface area (Å²) in [5, 5.41) is 12.0. The third-order valence-corrected chi connectivity index (χ3v) is 3.79. The fourth-order valence-electron chi connectivity index (χ4n) is 1.79. The molecule has 104 valence electrons. The number of allylic oxidation sites excluding steroid dienone is 1. The highest BCUT2D eigenvalue weighted by Crippen LogP contribution is 2.26. The van der Waals surface area contributed by atoms with Gasteiger partial charge in [-0.05, 0) is 23.9 Å². The summed E-state index contributed by atoms with van der Waals surface area (Å²) >= 11 is 1.41. The van der Waals surface area contributed by atoms with E-state index in [1.807, 2.05) is 41.8 Å². The number of esters is 1. The third kappa shape index (κ3) is 3.56. The number of aliphatic hydroxyl groups excluding tert-OH is 1. The first-order chi connectivity index (χ1) is 9.72. The lowest BCUT2D eigenvalue weighted by atomic mass is 10.1. The van der Waals surface area contributed by atoms with Crippen molar-refractivity contribution >= 4 is 17.3 Å². The first kappa shape index (κ1) is 14.5. The van der Waals surface area contributed by atoms with Gasteiger partial charge in [0.05, 0.1) is 5.57 Å². The van der Waals surface area contributed by atoms with Gasteiger partial charge in [-0.1, -0.05) is 42.5 Å². The van der Waals surface area contributed by atoms with Gasteiger partial charge in [-0.3, -0.25) is 0 Å². The van der Waals surface area contributed by atoms with Crippen LogP contribution in [0.2, 0.25) is 0 Å². The number of aliphatic hydroxyl groups is 1. The second-order valence-corrected chi connectivity index (χ2v) is 5.20. The molecule has 3 nitrogen and oxygen atoms in total. The first-order valence-corrected chi connectivity index (χ1v) is 7.19. The highest BCUT2D eigenvalue weighted by atomic mass is 32.1. The summed E-state index contributed by atoms with van der Waals surface area (Å²) in [6.45, 7) is 1.92. The Morgan fingerprint density at radius 2 is 2.05 bits per heavy atom. The van der Waals surface area contributed by atoms with Crippen LogP contribution in [0.5, 0.6) is 0 Å². The predicted molar refractivity (Wildman–Crippen MR) is 79.3 cm³/mol. The number of thiophene rings is 1. The van der Waals surface area contributed by atoms with Crippen LogP contribution in [0.1, 0.15) is 23.5 Å². The minimum Gasteiger partial charge on any atom is -0.457 e. The van der Waals surface area contributed by atoms with E-state index in [9.17, 15) is 9.90 Å². The van der Waals surface area contributed by atoms with Crippen LogP contribution in [0.3, 0.4) is 0 Å². The second kappa shape index (κ2) is 7.03. The van der Waals surface area contributed by atoms with Gasteiger partial charge in [0.25, 0.3) is 0 Å². The lowest BCUT2D eigenvalue weighted by Crippen LogP contribution is -2.14. The Kier molecular flexibility index (Phi) is 5.09. The molecule has 0 unspecified atom stereocenters. The van der Waals surface area contributed by atoms with Crippen molar-refractivity contribution in [3.05, 3.63) is 69.9 Å². The molecule has 0 saturated heterocycles. The molecule has 0 aliphatic carbocycles. The van der Waals surface area contributed by atoms with E-state index in [2.05, 4.69) is 0 Å². The molecule has 0 saturated carbocycles. The molecule has 0 fully saturated rings. The van der Waals surface area contributed by atoms with Crippen LogP contribution in [-0.2, 0) is 16.1 Å². The number of benzene rings is 1. The van der Waals surface area contributed by atoms with Crippen molar-refractivity contribution in [2.75, 3.05) is 0 Å². The first-order valence-electron chi connectivity index (χ1n) is 6.31. The van der Waals surface area contributed by atoms with Crippen molar-refractivity contribution in [2.45, 2.75) is 19.6 Å². The molecule has 1 heterocycles. The Hall–Kier alpha value is -1.91. The summed E-state index contributed by atoms with van der Waals surface area (Å²) in [4.78, 5) is 12.8. The van der Waals surface area contributed by atoms with Gasteiger partial charge >= 0.3 is 5.97 Å². The zero-order valence-corrected chi connectivity index (χ0v) is 12.0.